The Morgan fingerprint density at radius 1 is 1.14 bits per heavy atom. The number of piperazine rings is 1. The van der Waals surface area contributed by atoms with Crippen molar-refractivity contribution in [1.29, 1.82) is 0 Å². The fraction of sp³-hybridized carbons (Fsp3) is 0.591. The number of quaternary nitrogens is 1. The number of amides is 3. The number of hydrogen-bond acceptors (Lipinski definition) is 4. The monoisotopic (exact) mass is 399 g/mol. The first-order chi connectivity index (χ1) is 13.9. The molecule has 0 bridgehead atoms. The summed E-state index contributed by atoms with van der Waals surface area (Å²) in [4.78, 5) is 42.0. The van der Waals surface area contributed by atoms with Gasteiger partial charge in [-0.3, -0.25) is 9.59 Å². The van der Waals surface area contributed by atoms with E-state index in [-0.39, 0.29) is 17.7 Å². The number of carbonyl (C=O) groups excluding carboxylic acids is 3. The lowest BCUT2D eigenvalue weighted by Crippen LogP contribution is -3.16. The quantitative estimate of drug-likeness (QED) is 0.586. The number of carbonyl (C=O) groups is 3. The number of imide groups is 1. The van der Waals surface area contributed by atoms with Gasteiger partial charge in [0, 0.05) is 11.3 Å². The molecule has 0 radical (unpaired) electrons. The van der Waals surface area contributed by atoms with E-state index in [4.69, 9.17) is 0 Å². The van der Waals surface area contributed by atoms with Crippen molar-refractivity contribution in [2.24, 2.45) is 5.92 Å². The molecule has 2 N–H and O–H groups in total. The van der Waals surface area contributed by atoms with Gasteiger partial charge in [-0.15, -0.1) is 0 Å². The molecule has 0 atom stereocenters. The lowest BCUT2D eigenvalue weighted by Gasteiger charge is -2.35. The molecule has 29 heavy (non-hydrogen) atoms. The van der Waals surface area contributed by atoms with Crippen LogP contribution in [0, 0.1) is 5.92 Å². The van der Waals surface area contributed by atoms with Crippen LogP contribution in [0.15, 0.2) is 24.3 Å². The molecule has 1 aliphatic carbocycles. The fourth-order valence-corrected chi connectivity index (χ4v) is 4.78. The summed E-state index contributed by atoms with van der Waals surface area (Å²) < 4.78 is 0. The van der Waals surface area contributed by atoms with Crippen LogP contribution in [-0.4, -0.2) is 61.0 Å². The fourth-order valence-electron chi connectivity index (χ4n) is 4.78. The van der Waals surface area contributed by atoms with Crippen LogP contribution in [0.25, 0.3) is 0 Å². The van der Waals surface area contributed by atoms with Gasteiger partial charge < -0.3 is 15.1 Å². The van der Waals surface area contributed by atoms with Gasteiger partial charge in [-0.2, -0.15) is 0 Å². The number of benzene rings is 1. The maximum Gasteiger partial charge on any atom is 0.329 e. The number of anilines is 1. The molecule has 7 nitrogen and oxygen atoms in total. The standard InChI is InChI=1S/C22H30N4O3/c1-16-7-9-22(10-8-16)20(28)26(21(29)23-22)15-24-11-13-25(14-12-24)19-5-3-18(4-6-19)17(2)27/h3-6,16H,7-15H2,1-2H3,(H,23,29)/p+1. The zero-order chi connectivity index (χ0) is 20.6. The summed E-state index contributed by atoms with van der Waals surface area (Å²) in [5.41, 5.74) is 1.19. The number of nitrogens with one attached hydrogen (secondary N) is 2. The van der Waals surface area contributed by atoms with E-state index in [0.29, 0.717) is 12.6 Å². The Morgan fingerprint density at radius 3 is 2.34 bits per heavy atom. The number of ketones is 1. The van der Waals surface area contributed by atoms with Crippen LogP contribution in [0.5, 0.6) is 0 Å². The molecule has 2 aliphatic heterocycles. The predicted octanol–water partition coefficient (Wildman–Crippen LogP) is 1.05. The van der Waals surface area contributed by atoms with Crippen LogP contribution in [0.4, 0.5) is 10.5 Å². The first kappa shape index (κ1) is 19.9. The third-order valence-electron chi connectivity index (χ3n) is 6.86. The Bertz CT molecular complexity index is 791. The predicted molar refractivity (Wildman–Crippen MR) is 110 cm³/mol. The molecule has 0 aromatic heterocycles. The molecule has 1 aromatic carbocycles. The topological polar surface area (TPSA) is 74.2 Å². The second-order valence-corrected chi connectivity index (χ2v) is 8.93. The molecule has 0 unspecified atom stereocenters. The van der Waals surface area contributed by atoms with Crippen LogP contribution >= 0.6 is 0 Å². The lowest BCUT2D eigenvalue weighted by atomic mass is 9.77. The molecule has 3 fully saturated rings. The Hall–Kier alpha value is -2.41. The van der Waals surface area contributed by atoms with Crippen molar-refractivity contribution >= 4 is 23.4 Å². The zero-order valence-corrected chi connectivity index (χ0v) is 17.4. The van der Waals surface area contributed by atoms with E-state index in [2.05, 4.69) is 17.1 Å². The molecule has 4 rings (SSSR count). The zero-order valence-electron chi connectivity index (χ0n) is 17.4. The second kappa shape index (κ2) is 7.78. The summed E-state index contributed by atoms with van der Waals surface area (Å²) in [5, 5.41) is 3.01. The molecule has 7 heteroatoms. The minimum absolute atomic E-state index is 0.0239. The van der Waals surface area contributed by atoms with Gasteiger partial charge in [0.2, 0.25) is 0 Å². The average molecular weight is 400 g/mol. The van der Waals surface area contributed by atoms with Crippen LogP contribution in [-0.2, 0) is 4.79 Å². The van der Waals surface area contributed by atoms with Crippen LogP contribution in [0.2, 0.25) is 0 Å². The number of Topliss-reactive ketones (excluding diaryl/α,β-unsaturated/α-hetero) is 1. The van der Waals surface area contributed by atoms with Gasteiger partial charge in [0.1, 0.15) is 5.54 Å². The Morgan fingerprint density at radius 2 is 1.76 bits per heavy atom. The van der Waals surface area contributed by atoms with E-state index < -0.39 is 5.54 Å². The van der Waals surface area contributed by atoms with Gasteiger partial charge in [0.05, 0.1) is 26.2 Å². The van der Waals surface area contributed by atoms with Crippen molar-refractivity contribution in [2.75, 3.05) is 37.7 Å². The highest BCUT2D eigenvalue weighted by Gasteiger charge is 2.53. The largest absolute Gasteiger partial charge is 0.360 e. The highest BCUT2D eigenvalue weighted by molar-refractivity contribution is 6.07. The Labute approximate surface area is 172 Å². The first-order valence-electron chi connectivity index (χ1n) is 10.7. The van der Waals surface area contributed by atoms with Crippen molar-refractivity contribution in [1.82, 2.24) is 10.2 Å². The van der Waals surface area contributed by atoms with E-state index in [0.717, 1.165) is 63.1 Å². The highest BCUT2D eigenvalue weighted by Crippen LogP contribution is 2.36. The van der Waals surface area contributed by atoms with Gasteiger partial charge in [-0.25, -0.2) is 9.69 Å². The summed E-state index contributed by atoms with van der Waals surface area (Å²) in [5.74, 6) is 0.677. The molecule has 3 aliphatic rings. The third-order valence-corrected chi connectivity index (χ3v) is 6.86. The van der Waals surface area contributed by atoms with Gasteiger partial charge >= 0.3 is 6.03 Å². The number of nitrogens with zero attached hydrogens (tertiary/aromatic N) is 2. The molecule has 2 heterocycles. The molecular formula is C22H31N4O3+. The van der Waals surface area contributed by atoms with E-state index in [1.807, 2.05) is 24.3 Å². The van der Waals surface area contributed by atoms with E-state index >= 15 is 0 Å². The summed E-state index contributed by atoms with van der Waals surface area (Å²) in [6, 6.07) is 7.50. The van der Waals surface area contributed by atoms with Crippen molar-refractivity contribution in [3.63, 3.8) is 0 Å². The number of rotatable bonds is 4. The van der Waals surface area contributed by atoms with Gasteiger partial charge in [0.25, 0.3) is 5.91 Å². The maximum atomic E-state index is 13.0. The number of hydrogen-bond donors (Lipinski definition) is 2. The Balaban J connectivity index is 1.33. The van der Waals surface area contributed by atoms with Gasteiger partial charge in [-0.1, -0.05) is 6.92 Å². The average Bonchev–Trinajstić information content (AvgIpc) is 2.95. The third kappa shape index (κ3) is 3.88. The molecule has 156 valence electrons. The van der Waals surface area contributed by atoms with E-state index in [9.17, 15) is 14.4 Å². The summed E-state index contributed by atoms with van der Waals surface area (Å²) >= 11 is 0. The molecule has 3 amide bonds. The van der Waals surface area contributed by atoms with Crippen LogP contribution in [0.3, 0.4) is 0 Å². The van der Waals surface area contributed by atoms with Gasteiger partial charge in [0.15, 0.2) is 12.5 Å². The van der Waals surface area contributed by atoms with Crippen molar-refractivity contribution in [2.45, 2.75) is 45.1 Å². The van der Waals surface area contributed by atoms with Crippen molar-refractivity contribution in [3.05, 3.63) is 29.8 Å². The minimum atomic E-state index is -0.649. The summed E-state index contributed by atoms with van der Waals surface area (Å²) in [7, 11) is 0. The first-order valence-corrected chi connectivity index (χ1v) is 10.7. The molecule has 1 spiro atoms. The molecule has 1 aromatic rings. The van der Waals surface area contributed by atoms with E-state index in [1.54, 1.807) is 6.92 Å². The van der Waals surface area contributed by atoms with Crippen LogP contribution < -0.4 is 15.1 Å². The summed E-state index contributed by atoms with van der Waals surface area (Å²) in [6.45, 7) is 7.69. The molecule has 2 saturated heterocycles. The number of urea groups is 1. The SMILES string of the molecule is CC(=O)c1ccc(N2CC[NH+](CN3C(=O)NC4(CCC(C)CC4)C3=O)CC2)cc1. The maximum absolute atomic E-state index is 13.0. The highest BCUT2D eigenvalue weighted by atomic mass is 16.2. The molecule has 1 saturated carbocycles. The second-order valence-electron chi connectivity index (χ2n) is 8.93. The van der Waals surface area contributed by atoms with Crippen molar-refractivity contribution < 1.29 is 19.3 Å². The molecular weight excluding hydrogens is 368 g/mol. The van der Waals surface area contributed by atoms with Gasteiger partial charge in [-0.05, 0) is 62.8 Å². The van der Waals surface area contributed by atoms with E-state index in [1.165, 1.54) is 9.80 Å². The lowest BCUT2D eigenvalue weighted by molar-refractivity contribution is -0.907. The van der Waals surface area contributed by atoms with Crippen molar-refractivity contribution in [3.8, 4) is 0 Å². The minimum Gasteiger partial charge on any atom is -0.360 e. The Kier molecular flexibility index (Phi) is 5.34. The van der Waals surface area contributed by atoms with Crippen LogP contribution in [0.1, 0.15) is 49.9 Å². The summed E-state index contributed by atoms with van der Waals surface area (Å²) in [6.07, 6.45) is 3.50. The normalized spacial score (nSPS) is 28.1. The smallest absolute Gasteiger partial charge is 0.329 e.